The van der Waals surface area contributed by atoms with Crippen molar-refractivity contribution in [3.8, 4) is 0 Å². The molecular weight excluding hydrogens is 1500 g/mol. The van der Waals surface area contributed by atoms with Gasteiger partial charge in [-0.25, -0.2) is 39.9 Å². The molecule has 0 atom stereocenters. The zero-order valence-electron chi connectivity index (χ0n) is 66.9. The Labute approximate surface area is 714 Å². The second kappa shape index (κ2) is 31.8. The van der Waals surface area contributed by atoms with E-state index in [1.807, 2.05) is 36.4 Å². The third-order valence-electron chi connectivity index (χ3n) is 23.4. The van der Waals surface area contributed by atoms with Crippen LogP contribution in [-0.4, -0.2) is 68.6 Å². The maximum absolute atomic E-state index is 5.50. The third-order valence-corrected chi connectivity index (χ3v) is 23.4. The maximum atomic E-state index is 5.50. The van der Waals surface area contributed by atoms with Gasteiger partial charge in [0, 0.05) is 119 Å². The van der Waals surface area contributed by atoms with E-state index >= 15 is 0 Å². The number of benzene rings is 8. The lowest BCUT2D eigenvalue weighted by Gasteiger charge is -2.24. The molecule has 0 aliphatic carbocycles. The van der Waals surface area contributed by atoms with Crippen molar-refractivity contribution < 1.29 is 0 Å². The summed E-state index contributed by atoms with van der Waals surface area (Å²) in [5.74, 6) is 0. The van der Waals surface area contributed by atoms with Crippen molar-refractivity contribution in [2.75, 3.05) is 22.9 Å². The molecule has 0 aromatic heterocycles. The normalized spacial score (nSPS) is 18.8. The summed E-state index contributed by atoms with van der Waals surface area (Å²) in [6.07, 6.45) is 69.7. The molecule has 12 heteroatoms. The van der Waals surface area contributed by atoms with Gasteiger partial charge in [0.1, 0.15) is 0 Å². The Morgan fingerprint density at radius 1 is 0.163 bits per heavy atom. The number of allylic oxidation sites excluding steroid dienone is 36. The molecule has 0 saturated carbocycles. The molecule has 14 aliphatic rings. The van der Waals surface area contributed by atoms with E-state index in [0.717, 1.165) is 234 Å². The topological polar surface area (TPSA) is 112 Å². The number of nitrogens with zero attached hydrogens (tertiary/aromatic N) is 12. The third kappa shape index (κ3) is 14.3. The summed E-state index contributed by atoms with van der Waals surface area (Å²) in [4.78, 5) is 52.6. The van der Waals surface area contributed by atoms with Crippen LogP contribution in [0.15, 0.2) is 534 Å². The number of rotatable bonds is 14. The van der Waals surface area contributed by atoms with Crippen molar-refractivity contribution in [1.29, 1.82) is 0 Å². The first-order valence-electron chi connectivity index (χ1n) is 41.6. The molecule has 14 aliphatic heterocycles. The van der Waals surface area contributed by atoms with E-state index in [1.165, 1.54) is 0 Å². The first kappa shape index (κ1) is 73.0. The van der Waals surface area contributed by atoms with Crippen LogP contribution >= 0.6 is 0 Å². The van der Waals surface area contributed by atoms with Crippen LogP contribution in [0.2, 0.25) is 0 Å². The molecular formula is C111H76N12. The van der Waals surface area contributed by atoms with Crippen molar-refractivity contribution in [3.05, 3.63) is 538 Å². The summed E-state index contributed by atoms with van der Waals surface area (Å²) in [7, 11) is 0. The van der Waals surface area contributed by atoms with Crippen LogP contribution in [0.3, 0.4) is 0 Å². The fraction of sp³-hybridized carbons (Fsp3) is 0.0270. The molecule has 8 aromatic carbocycles. The molecule has 580 valence electrons. The highest BCUT2D eigenvalue weighted by Crippen LogP contribution is 2.44. The van der Waals surface area contributed by atoms with Crippen LogP contribution in [0.1, 0.15) is 50.9 Å². The summed E-state index contributed by atoms with van der Waals surface area (Å²) in [5, 5.41) is 0. The van der Waals surface area contributed by atoms with E-state index in [9.17, 15) is 0 Å². The van der Waals surface area contributed by atoms with E-state index in [-0.39, 0.29) is 0 Å². The van der Waals surface area contributed by atoms with Crippen molar-refractivity contribution >= 4 is 102 Å². The summed E-state index contributed by atoms with van der Waals surface area (Å²) in [6, 6.07) is 80.1. The summed E-state index contributed by atoms with van der Waals surface area (Å²) in [6.45, 7) is 1.77. The monoisotopic (exact) mass is 1580 g/mol. The number of fused-ring (bicyclic) bond motifs is 8. The molecule has 123 heavy (non-hydrogen) atoms. The fourth-order valence-electron chi connectivity index (χ4n) is 17.4. The first-order valence-corrected chi connectivity index (χ1v) is 41.6. The van der Waals surface area contributed by atoms with Gasteiger partial charge in [-0.05, 0) is 243 Å². The Morgan fingerprint density at radius 2 is 0.333 bits per heavy atom. The minimum atomic E-state index is 0.817. The molecule has 22 rings (SSSR count). The van der Waals surface area contributed by atoms with E-state index in [4.69, 9.17) is 39.9 Å². The van der Waals surface area contributed by atoms with Crippen molar-refractivity contribution in [2.45, 2.75) is 6.42 Å². The van der Waals surface area contributed by atoms with Crippen LogP contribution < -0.4 is 9.80 Å². The largest absolute Gasteiger partial charge is 0.354 e. The van der Waals surface area contributed by atoms with Crippen molar-refractivity contribution in [1.82, 2.24) is 9.80 Å². The average Bonchev–Trinajstić information content (AvgIpc) is 1.61. The number of hydrogen-bond donors (Lipinski definition) is 0. The minimum Gasteiger partial charge on any atom is -0.354 e. The van der Waals surface area contributed by atoms with Gasteiger partial charge in [-0.2, -0.15) is 0 Å². The van der Waals surface area contributed by atoms with E-state index in [0.29, 0.717) is 0 Å². The van der Waals surface area contributed by atoms with Crippen LogP contribution in [0.4, 0.5) is 11.4 Å². The highest BCUT2D eigenvalue weighted by Gasteiger charge is 2.32. The van der Waals surface area contributed by atoms with Gasteiger partial charge in [0.05, 0.1) is 91.3 Å². The molecule has 0 amide bonds. The highest BCUT2D eigenvalue weighted by molar-refractivity contribution is 6.42. The Bertz CT molecular complexity index is 6480. The van der Waals surface area contributed by atoms with E-state index in [1.54, 1.807) is 0 Å². The molecule has 8 aromatic rings. The predicted octanol–water partition coefficient (Wildman–Crippen LogP) is 23.8. The molecule has 0 radical (unpaired) electrons. The van der Waals surface area contributed by atoms with Crippen molar-refractivity contribution in [3.63, 3.8) is 0 Å². The van der Waals surface area contributed by atoms with Gasteiger partial charge in [0.15, 0.2) is 0 Å². The number of anilines is 2. The zero-order chi connectivity index (χ0) is 81.5. The SMILES string of the molecule is C1=CC2=C(c3ccccc3)C3=NC(=C(c4ccccc4)C4=NC(=C(c5ccc(N6C=CC(=C7C=CN(CCCN8C=CC(=C9C=CN(c%10ccc(C%11=C%12C=CC(=N%12)C(c%12ccccc%12)=C%12C=CC(=N%12)C(c%12ccccc%12)=C%12C=CC(=N%12)C(c%12ccccc%12)=C%12C=CC%11=N%12)cc%10)C=C9)C=C8)C=C7)C=C6)cc5)C5=NC(=C(c6ccccc6)C1=N2)C=C5)C=C4)C=C3. The van der Waals surface area contributed by atoms with Crippen molar-refractivity contribution in [2.24, 2.45) is 39.9 Å². The van der Waals surface area contributed by atoms with Gasteiger partial charge in [0.2, 0.25) is 0 Å². The Kier molecular flexibility index (Phi) is 18.9. The van der Waals surface area contributed by atoms with E-state index in [2.05, 4.69) is 409 Å². The van der Waals surface area contributed by atoms with Gasteiger partial charge in [-0.3, -0.25) is 0 Å². The Hall–Kier alpha value is -16.4. The molecule has 16 bridgehead atoms. The summed E-state index contributed by atoms with van der Waals surface area (Å²) < 4.78 is 0. The minimum absolute atomic E-state index is 0.817. The van der Waals surface area contributed by atoms with Crippen LogP contribution in [0.25, 0.3) is 44.6 Å². The molecule has 0 saturated heterocycles. The average molecular weight is 1580 g/mol. The van der Waals surface area contributed by atoms with E-state index < -0.39 is 0 Å². The second-order valence-electron chi connectivity index (χ2n) is 31.0. The molecule has 14 heterocycles. The van der Waals surface area contributed by atoms with Crippen LogP contribution in [0, 0.1) is 0 Å². The lowest BCUT2D eigenvalue weighted by atomic mass is 9.98. The van der Waals surface area contributed by atoms with Gasteiger partial charge in [-0.15, -0.1) is 0 Å². The second-order valence-corrected chi connectivity index (χ2v) is 31.0. The summed E-state index contributed by atoms with van der Waals surface area (Å²) in [5.41, 5.74) is 35.6. The Morgan fingerprint density at radius 3 is 0.520 bits per heavy atom. The van der Waals surface area contributed by atoms with Crippen LogP contribution in [0.5, 0.6) is 0 Å². The summed E-state index contributed by atoms with van der Waals surface area (Å²) >= 11 is 0. The molecule has 0 spiro atoms. The quantitative estimate of drug-likeness (QED) is 0.108. The van der Waals surface area contributed by atoms with Gasteiger partial charge >= 0.3 is 0 Å². The zero-order valence-corrected chi connectivity index (χ0v) is 66.9. The first-order chi connectivity index (χ1) is 60.9. The predicted molar refractivity (Wildman–Crippen MR) is 510 cm³/mol. The maximum Gasteiger partial charge on any atom is 0.0738 e. The molecule has 0 unspecified atom stereocenters. The lowest BCUT2D eigenvalue weighted by Crippen LogP contribution is -2.20. The van der Waals surface area contributed by atoms with Gasteiger partial charge < -0.3 is 19.6 Å². The molecule has 12 nitrogen and oxygen atoms in total. The smallest absolute Gasteiger partial charge is 0.0738 e. The number of aliphatic imine (C=N–C) groups is 8. The Balaban J connectivity index is 0.466. The molecule has 0 N–H and O–H groups in total. The standard InChI is InChI=1S/C111H76N12/c1-7-20-78(21-8-1)104-88-40-44-92(112-88)106(80-24-11-3-12-25-80)96-48-52-100(116-96)110(101-53-49-97(117-101)107(81-26-13-4-14-27-81)93-45-41-89(104)113-93)84-32-36-86(37-33-84)122-70-60-76(61-71-122)74-56-66-120(67-57-74)64-19-65-121-68-58-75(59-69-121)77-62-72-123(73-63-77)87-38-34-85(35-39-87)111-102-54-50-98(118-102)108(82-28-15-5-16-29-82)94-46-42-90(114-94)105(79-22-9-2-10-23-79)91-43-47-95(115-91)109(83-30-17-6-18-31-83)99-51-55-103(111)119-99/h1-18,20-63,66-73H,19,64-65H2. The van der Waals surface area contributed by atoms with Gasteiger partial charge in [0.25, 0.3) is 0 Å². The lowest BCUT2D eigenvalue weighted by molar-refractivity contribution is 0.420. The van der Waals surface area contributed by atoms with Crippen LogP contribution in [-0.2, 0) is 0 Å². The highest BCUT2D eigenvalue weighted by atomic mass is 15.1. The van der Waals surface area contributed by atoms with Gasteiger partial charge in [-0.1, -0.05) is 206 Å². The number of hydrogen-bond acceptors (Lipinski definition) is 12. The fourth-order valence-corrected chi connectivity index (χ4v) is 17.4. The molecule has 0 fully saturated rings.